The van der Waals surface area contributed by atoms with E-state index in [0.29, 0.717) is 11.3 Å². The van der Waals surface area contributed by atoms with Gasteiger partial charge in [0.2, 0.25) is 0 Å². The van der Waals surface area contributed by atoms with Crippen LogP contribution in [0.4, 0.5) is 10.1 Å². The fourth-order valence-electron chi connectivity index (χ4n) is 3.55. The predicted octanol–water partition coefficient (Wildman–Crippen LogP) is 4.76. The molecule has 1 aliphatic heterocycles. The van der Waals surface area contributed by atoms with E-state index in [1.807, 2.05) is 6.92 Å². The Labute approximate surface area is 167 Å². The van der Waals surface area contributed by atoms with Gasteiger partial charge in [-0.05, 0) is 25.1 Å². The van der Waals surface area contributed by atoms with Gasteiger partial charge in [-0.15, -0.1) is 0 Å². The van der Waals surface area contributed by atoms with Crippen molar-refractivity contribution in [2.24, 2.45) is 0 Å². The first-order chi connectivity index (χ1) is 14.0. The van der Waals surface area contributed by atoms with E-state index in [1.54, 1.807) is 60.7 Å². The van der Waals surface area contributed by atoms with Crippen molar-refractivity contribution in [1.29, 1.82) is 0 Å². The Balaban J connectivity index is 1.97. The van der Waals surface area contributed by atoms with E-state index in [9.17, 15) is 19.1 Å². The number of benzene rings is 3. The van der Waals surface area contributed by atoms with Crippen LogP contribution in [-0.4, -0.2) is 16.8 Å². The van der Waals surface area contributed by atoms with E-state index in [4.69, 9.17) is 0 Å². The number of hydrogen-bond donors (Lipinski definition) is 1. The third kappa shape index (κ3) is 3.21. The van der Waals surface area contributed by atoms with E-state index in [2.05, 4.69) is 0 Å². The van der Waals surface area contributed by atoms with Crippen molar-refractivity contribution in [2.45, 2.75) is 13.0 Å². The van der Waals surface area contributed by atoms with E-state index in [-0.39, 0.29) is 16.9 Å². The minimum absolute atomic E-state index is 0.132. The number of para-hydroxylation sites is 1. The first-order valence-electron chi connectivity index (χ1n) is 9.16. The largest absolute Gasteiger partial charge is 0.507 e. The third-order valence-corrected chi connectivity index (χ3v) is 5.00. The number of ketones is 1. The number of halogens is 1. The van der Waals surface area contributed by atoms with Crippen LogP contribution in [-0.2, 0) is 9.59 Å². The van der Waals surface area contributed by atoms with E-state index in [1.165, 1.54) is 23.1 Å². The van der Waals surface area contributed by atoms with Crippen LogP contribution in [0.15, 0.2) is 84.4 Å². The van der Waals surface area contributed by atoms with Gasteiger partial charge in [-0.3, -0.25) is 14.5 Å². The van der Waals surface area contributed by atoms with Crippen molar-refractivity contribution < 1.29 is 19.1 Å². The second kappa shape index (κ2) is 7.36. The van der Waals surface area contributed by atoms with Crippen LogP contribution >= 0.6 is 0 Å². The second-order valence-electron chi connectivity index (χ2n) is 6.89. The molecule has 4 rings (SSSR count). The lowest BCUT2D eigenvalue weighted by molar-refractivity contribution is -0.132. The zero-order valence-electron chi connectivity index (χ0n) is 15.7. The Bertz CT molecular complexity index is 1120. The molecular formula is C24H18FNO3. The molecule has 0 unspecified atom stereocenters. The number of aliphatic hydroxyl groups excluding tert-OH is 1. The Morgan fingerprint density at radius 1 is 0.897 bits per heavy atom. The highest BCUT2D eigenvalue weighted by atomic mass is 19.1. The van der Waals surface area contributed by atoms with Crippen LogP contribution in [0.2, 0.25) is 0 Å². The quantitative estimate of drug-likeness (QED) is 0.400. The maximum Gasteiger partial charge on any atom is 0.300 e. The Kier molecular flexibility index (Phi) is 4.72. The maximum atomic E-state index is 14.7. The number of hydrogen-bond acceptors (Lipinski definition) is 3. The average Bonchev–Trinajstić information content (AvgIpc) is 3.00. The number of aryl methyl sites for hydroxylation is 1. The van der Waals surface area contributed by atoms with Crippen molar-refractivity contribution in [1.82, 2.24) is 0 Å². The highest BCUT2D eigenvalue weighted by Crippen LogP contribution is 2.42. The van der Waals surface area contributed by atoms with E-state index in [0.717, 1.165) is 5.56 Å². The molecule has 1 heterocycles. The molecule has 1 fully saturated rings. The summed E-state index contributed by atoms with van der Waals surface area (Å²) in [6, 6.07) is 20.4. The molecular weight excluding hydrogens is 369 g/mol. The van der Waals surface area contributed by atoms with Crippen LogP contribution in [0.5, 0.6) is 0 Å². The summed E-state index contributed by atoms with van der Waals surface area (Å²) >= 11 is 0. The van der Waals surface area contributed by atoms with Gasteiger partial charge >= 0.3 is 0 Å². The summed E-state index contributed by atoms with van der Waals surface area (Å²) in [6.07, 6.45) is 0. The number of anilines is 1. The van der Waals surface area contributed by atoms with Gasteiger partial charge in [0.05, 0.1) is 11.6 Å². The fourth-order valence-corrected chi connectivity index (χ4v) is 3.55. The summed E-state index contributed by atoms with van der Waals surface area (Å²) in [4.78, 5) is 27.1. The normalized spacial score (nSPS) is 18.3. The highest BCUT2D eigenvalue weighted by molar-refractivity contribution is 6.51. The molecule has 4 nitrogen and oxygen atoms in total. The first-order valence-corrected chi connectivity index (χ1v) is 9.16. The zero-order chi connectivity index (χ0) is 20.5. The average molecular weight is 387 g/mol. The van der Waals surface area contributed by atoms with Crippen LogP contribution < -0.4 is 4.90 Å². The van der Waals surface area contributed by atoms with Crippen LogP contribution in [0.3, 0.4) is 0 Å². The van der Waals surface area contributed by atoms with Gasteiger partial charge < -0.3 is 5.11 Å². The van der Waals surface area contributed by atoms with Crippen molar-refractivity contribution in [3.05, 3.63) is 107 Å². The Hall–Kier alpha value is -3.73. The molecule has 3 aromatic rings. The number of aliphatic hydroxyl groups is 1. The number of Topliss-reactive ketones (excluding diaryl/α,β-unsaturated/α-hetero) is 1. The minimum Gasteiger partial charge on any atom is -0.507 e. The summed E-state index contributed by atoms with van der Waals surface area (Å²) in [5.41, 5.74) is 1.84. The van der Waals surface area contributed by atoms with E-state index >= 15 is 0 Å². The highest BCUT2D eigenvalue weighted by Gasteiger charge is 2.47. The molecule has 0 saturated carbocycles. The van der Waals surface area contributed by atoms with Crippen LogP contribution in [0.25, 0.3) is 5.76 Å². The van der Waals surface area contributed by atoms with Crippen molar-refractivity contribution in [3.8, 4) is 0 Å². The van der Waals surface area contributed by atoms with Crippen LogP contribution in [0, 0.1) is 12.7 Å². The zero-order valence-corrected chi connectivity index (χ0v) is 15.7. The standard InChI is InChI=1S/C24H18FNO3/c1-15-11-13-16(14-12-15)22(27)20-21(18-9-5-6-10-19(18)25)26(24(29)23(20)28)17-7-3-2-4-8-17/h2-14,21,27H,1H3/b22-20+/t21-/m0/s1. The molecule has 0 aromatic heterocycles. The lowest BCUT2D eigenvalue weighted by Crippen LogP contribution is -2.29. The molecule has 5 heteroatoms. The summed E-state index contributed by atoms with van der Waals surface area (Å²) in [5.74, 6) is -2.54. The van der Waals surface area contributed by atoms with Crippen LogP contribution in [0.1, 0.15) is 22.7 Å². The summed E-state index contributed by atoms with van der Waals surface area (Å²) < 4.78 is 14.7. The monoisotopic (exact) mass is 387 g/mol. The summed E-state index contributed by atoms with van der Waals surface area (Å²) in [6.45, 7) is 1.90. The van der Waals surface area contributed by atoms with Gasteiger partial charge in [-0.1, -0.05) is 66.2 Å². The summed E-state index contributed by atoms with van der Waals surface area (Å²) in [5, 5.41) is 10.9. The number of nitrogens with zero attached hydrogens (tertiary/aromatic N) is 1. The number of rotatable bonds is 3. The van der Waals surface area contributed by atoms with Gasteiger partial charge in [-0.2, -0.15) is 0 Å². The van der Waals surface area contributed by atoms with Crippen molar-refractivity contribution in [3.63, 3.8) is 0 Å². The van der Waals surface area contributed by atoms with Gasteiger partial charge in [0.1, 0.15) is 11.6 Å². The molecule has 0 spiro atoms. The smallest absolute Gasteiger partial charge is 0.300 e. The molecule has 0 bridgehead atoms. The lowest BCUT2D eigenvalue weighted by atomic mass is 9.94. The minimum atomic E-state index is -1.07. The number of carbonyl (C=O) groups is 2. The predicted molar refractivity (Wildman–Crippen MR) is 109 cm³/mol. The molecule has 144 valence electrons. The Morgan fingerprint density at radius 3 is 2.17 bits per heavy atom. The molecule has 3 aromatic carbocycles. The van der Waals surface area contributed by atoms with Gasteiger partial charge in [0.15, 0.2) is 0 Å². The van der Waals surface area contributed by atoms with E-state index < -0.39 is 23.5 Å². The lowest BCUT2D eigenvalue weighted by Gasteiger charge is -2.25. The molecule has 1 atom stereocenters. The topological polar surface area (TPSA) is 57.6 Å². The molecule has 0 radical (unpaired) electrons. The second-order valence-corrected chi connectivity index (χ2v) is 6.89. The summed E-state index contributed by atoms with van der Waals surface area (Å²) in [7, 11) is 0. The SMILES string of the molecule is Cc1ccc(/C(O)=C2\C(=O)C(=O)N(c3ccccc3)[C@H]2c2ccccc2F)cc1. The molecule has 0 aliphatic carbocycles. The number of amides is 1. The van der Waals surface area contributed by atoms with Crippen molar-refractivity contribution in [2.75, 3.05) is 4.90 Å². The van der Waals surface area contributed by atoms with Gasteiger partial charge in [0, 0.05) is 16.8 Å². The van der Waals surface area contributed by atoms with Gasteiger partial charge in [0.25, 0.3) is 11.7 Å². The Morgan fingerprint density at radius 2 is 1.52 bits per heavy atom. The molecule has 1 saturated heterocycles. The molecule has 1 amide bonds. The maximum absolute atomic E-state index is 14.7. The number of carbonyl (C=O) groups excluding carboxylic acids is 2. The fraction of sp³-hybridized carbons (Fsp3) is 0.0833. The van der Waals surface area contributed by atoms with Crippen molar-refractivity contribution >= 4 is 23.1 Å². The molecule has 29 heavy (non-hydrogen) atoms. The first kappa shape index (κ1) is 18.6. The molecule has 1 aliphatic rings. The third-order valence-electron chi connectivity index (χ3n) is 5.00. The van der Waals surface area contributed by atoms with Gasteiger partial charge in [-0.25, -0.2) is 4.39 Å². The molecule has 1 N–H and O–H groups in total.